The van der Waals surface area contributed by atoms with E-state index in [1.165, 1.54) is 11.0 Å². The van der Waals surface area contributed by atoms with Crippen LogP contribution in [0.3, 0.4) is 0 Å². The quantitative estimate of drug-likeness (QED) is 0.532. The Morgan fingerprint density at radius 2 is 1.95 bits per heavy atom. The summed E-state index contributed by atoms with van der Waals surface area (Å²) in [5, 5.41) is 0. The summed E-state index contributed by atoms with van der Waals surface area (Å²) in [7, 11) is 0. The van der Waals surface area contributed by atoms with Gasteiger partial charge < -0.3 is 4.90 Å². The molecule has 0 amide bonds. The zero-order chi connectivity index (χ0) is 14.3. The molecule has 1 aromatic rings. The Hall–Kier alpha value is -0.670. The van der Waals surface area contributed by atoms with E-state index in [0.29, 0.717) is 10.1 Å². The average molecular weight is 392 g/mol. The smallest absolute Gasteiger partial charge is 0.351 e. The third kappa shape index (κ3) is 3.67. The van der Waals surface area contributed by atoms with E-state index < -0.39 is 24.3 Å². The minimum absolute atomic E-state index is 0.0430. The first kappa shape index (κ1) is 14.7. The summed E-state index contributed by atoms with van der Waals surface area (Å²) in [6, 6.07) is 2.28. The Bertz CT molecular complexity index is 475. The second kappa shape index (κ2) is 5.02. The second-order valence-corrected chi connectivity index (χ2v) is 5.65. The number of hydrogen-bond donors (Lipinski definition) is 0. The fourth-order valence-electron chi connectivity index (χ4n) is 1.95. The van der Waals surface area contributed by atoms with Gasteiger partial charge in [0.15, 0.2) is 0 Å². The second-order valence-electron chi connectivity index (χ2n) is 4.41. The first-order chi connectivity index (χ1) is 8.67. The molecular weight excluding hydrogens is 382 g/mol. The summed E-state index contributed by atoms with van der Waals surface area (Å²) in [6.45, 7) is -0.294. The maximum Gasteiger partial charge on any atom is 0.433 e. The summed E-state index contributed by atoms with van der Waals surface area (Å²) < 4.78 is 64.8. The highest BCUT2D eigenvalue weighted by Crippen LogP contribution is 2.33. The van der Waals surface area contributed by atoms with Crippen LogP contribution in [0.4, 0.5) is 27.8 Å². The number of pyridine rings is 1. The third-order valence-electron chi connectivity index (χ3n) is 2.78. The lowest BCUT2D eigenvalue weighted by Crippen LogP contribution is -2.43. The maximum atomic E-state index is 13.3. The van der Waals surface area contributed by atoms with Crippen LogP contribution in [0.2, 0.25) is 0 Å². The van der Waals surface area contributed by atoms with Gasteiger partial charge in [0.2, 0.25) is 0 Å². The van der Waals surface area contributed by atoms with Gasteiger partial charge in [-0.05, 0) is 41.1 Å². The number of piperidine rings is 1. The number of alkyl halides is 5. The summed E-state index contributed by atoms with van der Waals surface area (Å²) in [5.41, 5.74) is -1.05. The summed E-state index contributed by atoms with van der Waals surface area (Å²) in [5.74, 6) is -2.92. The van der Waals surface area contributed by atoms with Crippen molar-refractivity contribution in [1.29, 1.82) is 0 Å². The van der Waals surface area contributed by atoms with Gasteiger partial charge in [0.1, 0.15) is 11.5 Å². The van der Waals surface area contributed by atoms with Crippen LogP contribution in [0.5, 0.6) is 0 Å². The van der Waals surface area contributed by atoms with Crippen LogP contribution in [-0.4, -0.2) is 24.0 Å². The van der Waals surface area contributed by atoms with E-state index in [9.17, 15) is 22.0 Å². The molecule has 2 heterocycles. The van der Waals surface area contributed by atoms with E-state index >= 15 is 0 Å². The molecule has 1 aliphatic heterocycles. The summed E-state index contributed by atoms with van der Waals surface area (Å²) in [6.07, 6.45) is -4.57. The number of anilines is 1. The molecule has 0 saturated carbocycles. The van der Waals surface area contributed by atoms with E-state index in [-0.39, 0.29) is 18.7 Å². The molecule has 0 aliphatic carbocycles. The molecule has 1 aliphatic rings. The van der Waals surface area contributed by atoms with Gasteiger partial charge in [-0.15, -0.1) is 0 Å². The Balaban J connectivity index is 2.32. The molecule has 2 rings (SSSR count). The molecule has 0 bridgehead atoms. The molecule has 0 unspecified atom stereocenters. The van der Waals surface area contributed by atoms with Gasteiger partial charge >= 0.3 is 6.18 Å². The van der Waals surface area contributed by atoms with E-state index in [2.05, 4.69) is 4.98 Å². The number of rotatable bonds is 1. The Labute approximate surface area is 120 Å². The van der Waals surface area contributed by atoms with Crippen LogP contribution in [0.15, 0.2) is 12.1 Å². The minimum Gasteiger partial charge on any atom is -0.351 e. The minimum atomic E-state index is -4.58. The molecular formula is C11H10F5IN2. The van der Waals surface area contributed by atoms with Crippen molar-refractivity contribution in [2.24, 2.45) is 0 Å². The van der Waals surface area contributed by atoms with Crippen LogP contribution < -0.4 is 4.90 Å². The number of nitrogens with zero attached hydrogens (tertiary/aromatic N) is 2. The molecule has 1 saturated heterocycles. The molecule has 19 heavy (non-hydrogen) atoms. The zero-order valence-electron chi connectivity index (χ0n) is 9.65. The highest BCUT2D eigenvalue weighted by Gasteiger charge is 2.37. The maximum absolute atomic E-state index is 13.3. The molecule has 8 heteroatoms. The number of hydrogen-bond acceptors (Lipinski definition) is 2. The molecule has 0 atom stereocenters. The molecule has 2 nitrogen and oxygen atoms in total. The molecule has 0 aromatic carbocycles. The van der Waals surface area contributed by atoms with E-state index in [4.69, 9.17) is 0 Å². The molecule has 0 radical (unpaired) electrons. The van der Waals surface area contributed by atoms with Crippen molar-refractivity contribution in [3.63, 3.8) is 0 Å². The Morgan fingerprint density at radius 1 is 1.26 bits per heavy atom. The van der Waals surface area contributed by atoms with Gasteiger partial charge in [0.25, 0.3) is 5.92 Å². The van der Waals surface area contributed by atoms with Gasteiger partial charge in [-0.3, -0.25) is 0 Å². The first-order valence-corrected chi connectivity index (χ1v) is 6.63. The van der Waals surface area contributed by atoms with Gasteiger partial charge in [-0.1, -0.05) is 0 Å². The monoisotopic (exact) mass is 392 g/mol. The predicted octanol–water partition coefficient (Wildman–Crippen LogP) is 3.94. The van der Waals surface area contributed by atoms with Gasteiger partial charge in [0, 0.05) is 16.5 Å². The van der Waals surface area contributed by atoms with Crippen LogP contribution in [-0.2, 0) is 6.18 Å². The average Bonchev–Trinajstić information content (AvgIpc) is 2.25. The molecule has 1 fully saturated rings. The predicted molar refractivity (Wildman–Crippen MR) is 68.4 cm³/mol. The van der Waals surface area contributed by atoms with Crippen molar-refractivity contribution in [2.45, 2.75) is 24.9 Å². The topological polar surface area (TPSA) is 16.1 Å². The molecule has 0 N–H and O–H groups in total. The van der Waals surface area contributed by atoms with E-state index in [1.54, 1.807) is 22.6 Å². The summed E-state index contributed by atoms with van der Waals surface area (Å²) in [4.78, 5) is 4.67. The lowest BCUT2D eigenvalue weighted by atomic mass is 10.1. The van der Waals surface area contributed by atoms with E-state index in [1.807, 2.05) is 0 Å². The largest absolute Gasteiger partial charge is 0.433 e. The third-order valence-corrected chi connectivity index (χ3v) is 3.41. The Morgan fingerprint density at radius 3 is 2.53 bits per heavy atom. The van der Waals surface area contributed by atoms with Crippen LogP contribution in [0.25, 0.3) is 0 Å². The van der Waals surface area contributed by atoms with Crippen molar-refractivity contribution < 1.29 is 22.0 Å². The lowest BCUT2D eigenvalue weighted by molar-refractivity contribution is -0.141. The highest BCUT2D eigenvalue weighted by molar-refractivity contribution is 14.1. The van der Waals surface area contributed by atoms with Gasteiger partial charge in [-0.2, -0.15) is 13.2 Å². The van der Waals surface area contributed by atoms with Crippen molar-refractivity contribution >= 4 is 28.4 Å². The zero-order valence-corrected chi connectivity index (χ0v) is 11.8. The van der Waals surface area contributed by atoms with Crippen molar-refractivity contribution in [1.82, 2.24) is 4.98 Å². The Kier molecular flexibility index (Phi) is 3.90. The van der Waals surface area contributed by atoms with Gasteiger partial charge in [-0.25, -0.2) is 13.8 Å². The fraction of sp³-hybridized carbons (Fsp3) is 0.545. The van der Waals surface area contributed by atoms with Crippen LogP contribution in [0.1, 0.15) is 18.5 Å². The molecule has 1 aromatic heterocycles. The van der Waals surface area contributed by atoms with Crippen LogP contribution in [0, 0.1) is 3.57 Å². The van der Waals surface area contributed by atoms with Gasteiger partial charge in [0.05, 0.1) is 6.54 Å². The SMILES string of the molecule is FC1(F)CCCN(c2cc(I)cc(C(F)(F)F)n2)C1. The van der Waals surface area contributed by atoms with Crippen LogP contribution >= 0.6 is 22.6 Å². The lowest BCUT2D eigenvalue weighted by Gasteiger charge is -2.33. The standard InChI is InChI=1S/C11H10F5IN2/c12-10(13)2-1-3-19(6-10)9-5-7(17)4-8(18-9)11(14,15)16/h4-5H,1-3,6H2. The van der Waals surface area contributed by atoms with Crippen molar-refractivity contribution in [3.05, 3.63) is 21.4 Å². The number of halogens is 6. The first-order valence-electron chi connectivity index (χ1n) is 5.55. The van der Waals surface area contributed by atoms with Crippen molar-refractivity contribution in [3.8, 4) is 0 Å². The number of aromatic nitrogens is 1. The normalized spacial score (nSPS) is 19.6. The van der Waals surface area contributed by atoms with Crippen molar-refractivity contribution in [2.75, 3.05) is 18.0 Å². The summed E-state index contributed by atoms with van der Waals surface area (Å²) >= 11 is 1.72. The molecule has 0 spiro atoms. The highest BCUT2D eigenvalue weighted by atomic mass is 127. The van der Waals surface area contributed by atoms with E-state index in [0.717, 1.165) is 6.07 Å². The molecule has 106 valence electrons. The fourth-order valence-corrected chi connectivity index (χ4v) is 2.53.